The van der Waals surface area contributed by atoms with Gasteiger partial charge >= 0.3 is 0 Å². The standard InChI is InChI=1S/C9H19N.C2H6/c1-4-8-6-7-10(3)9(8)5-2;1-2/h8-9H,4-7H2,1-3H3;1-2H3. The first-order chi connectivity index (χ1) is 5.79. The lowest BCUT2D eigenvalue weighted by Crippen LogP contribution is -2.28. The Hall–Kier alpha value is -0.0400. The second-order valence-electron chi connectivity index (χ2n) is 3.41. The first-order valence-corrected chi connectivity index (χ1v) is 5.49. The van der Waals surface area contributed by atoms with Gasteiger partial charge < -0.3 is 4.90 Å². The van der Waals surface area contributed by atoms with E-state index in [1.54, 1.807) is 0 Å². The van der Waals surface area contributed by atoms with Crippen LogP contribution in [-0.4, -0.2) is 24.5 Å². The Kier molecular flexibility index (Phi) is 6.45. The molecule has 1 aliphatic rings. The van der Waals surface area contributed by atoms with Crippen molar-refractivity contribution in [2.45, 2.75) is 53.0 Å². The molecule has 1 fully saturated rings. The van der Waals surface area contributed by atoms with E-state index in [2.05, 4.69) is 25.8 Å². The van der Waals surface area contributed by atoms with Crippen molar-refractivity contribution >= 4 is 0 Å². The average molecular weight is 171 g/mol. The van der Waals surface area contributed by atoms with E-state index in [0.717, 1.165) is 12.0 Å². The summed E-state index contributed by atoms with van der Waals surface area (Å²) >= 11 is 0. The highest BCUT2D eigenvalue weighted by molar-refractivity contribution is 4.82. The molecule has 74 valence electrons. The maximum absolute atomic E-state index is 2.51. The van der Waals surface area contributed by atoms with E-state index in [4.69, 9.17) is 0 Å². The molecule has 0 spiro atoms. The van der Waals surface area contributed by atoms with Crippen molar-refractivity contribution in [3.63, 3.8) is 0 Å². The molecule has 1 saturated heterocycles. The van der Waals surface area contributed by atoms with Crippen molar-refractivity contribution in [2.24, 2.45) is 5.92 Å². The molecule has 2 unspecified atom stereocenters. The normalized spacial score (nSPS) is 29.8. The van der Waals surface area contributed by atoms with Crippen LogP contribution in [0.2, 0.25) is 0 Å². The first kappa shape index (κ1) is 12.0. The van der Waals surface area contributed by atoms with E-state index in [0.29, 0.717) is 0 Å². The van der Waals surface area contributed by atoms with Crippen molar-refractivity contribution in [1.82, 2.24) is 4.90 Å². The summed E-state index contributed by atoms with van der Waals surface area (Å²) in [6.07, 6.45) is 4.11. The van der Waals surface area contributed by atoms with Gasteiger partial charge in [0, 0.05) is 6.04 Å². The summed E-state index contributed by atoms with van der Waals surface area (Å²) < 4.78 is 0. The SMILES string of the molecule is CC.CCC1CCN(C)C1CC. The molecule has 0 aromatic carbocycles. The molecule has 0 bridgehead atoms. The number of hydrogen-bond acceptors (Lipinski definition) is 1. The predicted octanol–water partition coefficient (Wildman–Crippen LogP) is 3.15. The third-order valence-corrected chi connectivity index (χ3v) is 2.91. The minimum absolute atomic E-state index is 0.880. The Labute approximate surface area is 78.1 Å². The molecule has 2 atom stereocenters. The lowest BCUT2D eigenvalue weighted by molar-refractivity contribution is 0.261. The van der Waals surface area contributed by atoms with Crippen LogP contribution >= 0.6 is 0 Å². The van der Waals surface area contributed by atoms with Crippen molar-refractivity contribution in [3.05, 3.63) is 0 Å². The van der Waals surface area contributed by atoms with Crippen LogP contribution in [0.1, 0.15) is 47.0 Å². The van der Waals surface area contributed by atoms with Crippen molar-refractivity contribution in [2.75, 3.05) is 13.6 Å². The minimum atomic E-state index is 0.880. The maximum Gasteiger partial charge on any atom is 0.0118 e. The van der Waals surface area contributed by atoms with Crippen LogP contribution in [0.4, 0.5) is 0 Å². The zero-order valence-corrected chi connectivity index (χ0v) is 9.43. The Morgan fingerprint density at radius 2 is 1.75 bits per heavy atom. The van der Waals surface area contributed by atoms with Crippen LogP contribution < -0.4 is 0 Å². The third-order valence-electron chi connectivity index (χ3n) is 2.91. The van der Waals surface area contributed by atoms with Gasteiger partial charge in [-0.15, -0.1) is 0 Å². The molecule has 0 saturated carbocycles. The zero-order chi connectivity index (χ0) is 9.56. The maximum atomic E-state index is 2.51. The second kappa shape index (κ2) is 6.47. The number of nitrogens with zero attached hydrogens (tertiary/aromatic N) is 1. The minimum Gasteiger partial charge on any atom is -0.303 e. The molecule has 1 nitrogen and oxygen atoms in total. The van der Waals surface area contributed by atoms with E-state index in [1.807, 2.05) is 13.8 Å². The van der Waals surface area contributed by atoms with Gasteiger partial charge in [0.2, 0.25) is 0 Å². The highest BCUT2D eigenvalue weighted by Crippen LogP contribution is 2.27. The Morgan fingerprint density at radius 3 is 2.08 bits per heavy atom. The molecular weight excluding hydrogens is 146 g/mol. The van der Waals surface area contributed by atoms with Crippen LogP contribution in [0, 0.1) is 5.92 Å². The molecule has 1 aliphatic heterocycles. The molecular formula is C11H25N. The third kappa shape index (κ3) is 2.78. The molecule has 1 heterocycles. The molecule has 0 amide bonds. The van der Waals surface area contributed by atoms with Crippen LogP contribution in [0.15, 0.2) is 0 Å². The lowest BCUT2D eigenvalue weighted by atomic mass is 9.96. The van der Waals surface area contributed by atoms with E-state index >= 15 is 0 Å². The van der Waals surface area contributed by atoms with Gasteiger partial charge in [-0.25, -0.2) is 0 Å². The quantitative estimate of drug-likeness (QED) is 0.617. The predicted molar refractivity (Wildman–Crippen MR) is 56.5 cm³/mol. The fraction of sp³-hybridized carbons (Fsp3) is 1.00. The second-order valence-corrected chi connectivity index (χ2v) is 3.41. The highest BCUT2D eigenvalue weighted by Gasteiger charge is 2.28. The lowest BCUT2D eigenvalue weighted by Gasteiger charge is -2.22. The molecule has 0 aliphatic carbocycles. The van der Waals surface area contributed by atoms with Crippen LogP contribution in [-0.2, 0) is 0 Å². The van der Waals surface area contributed by atoms with Gasteiger partial charge in [-0.05, 0) is 32.4 Å². The number of likely N-dealkylation sites (tertiary alicyclic amines) is 1. The van der Waals surface area contributed by atoms with E-state index in [9.17, 15) is 0 Å². The highest BCUT2D eigenvalue weighted by atomic mass is 15.2. The van der Waals surface area contributed by atoms with Crippen LogP contribution in [0.25, 0.3) is 0 Å². The monoisotopic (exact) mass is 171 g/mol. The van der Waals surface area contributed by atoms with Gasteiger partial charge in [0.05, 0.1) is 0 Å². The largest absolute Gasteiger partial charge is 0.303 e. The van der Waals surface area contributed by atoms with Gasteiger partial charge in [0.15, 0.2) is 0 Å². The van der Waals surface area contributed by atoms with Gasteiger partial charge in [0.25, 0.3) is 0 Å². The summed E-state index contributed by atoms with van der Waals surface area (Å²) in [7, 11) is 2.25. The Bertz CT molecular complexity index is 101. The van der Waals surface area contributed by atoms with Crippen molar-refractivity contribution in [3.8, 4) is 0 Å². The summed E-state index contributed by atoms with van der Waals surface area (Å²) in [6.45, 7) is 9.93. The van der Waals surface area contributed by atoms with Crippen molar-refractivity contribution in [1.29, 1.82) is 0 Å². The molecule has 0 aromatic heterocycles. The number of hydrogen-bond donors (Lipinski definition) is 0. The Balaban J connectivity index is 0.000000561. The zero-order valence-electron chi connectivity index (χ0n) is 9.43. The summed E-state index contributed by atoms with van der Waals surface area (Å²) in [5, 5.41) is 0. The fourth-order valence-corrected chi connectivity index (χ4v) is 2.21. The molecule has 0 aromatic rings. The molecule has 0 radical (unpaired) electrons. The summed E-state index contributed by atoms with van der Waals surface area (Å²) in [5.74, 6) is 0.981. The topological polar surface area (TPSA) is 3.24 Å². The summed E-state index contributed by atoms with van der Waals surface area (Å²) in [5.41, 5.74) is 0. The molecule has 12 heavy (non-hydrogen) atoms. The van der Waals surface area contributed by atoms with Crippen LogP contribution in [0.5, 0.6) is 0 Å². The molecule has 1 heteroatoms. The average Bonchev–Trinajstić information content (AvgIpc) is 2.49. The molecule has 0 N–H and O–H groups in total. The van der Waals surface area contributed by atoms with Gasteiger partial charge in [0.1, 0.15) is 0 Å². The smallest absolute Gasteiger partial charge is 0.0118 e. The van der Waals surface area contributed by atoms with Gasteiger partial charge in [-0.2, -0.15) is 0 Å². The summed E-state index contributed by atoms with van der Waals surface area (Å²) in [6, 6.07) is 0.880. The van der Waals surface area contributed by atoms with Gasteiger partial charge in [-0.1, -0.05) is 34.1 Å². The number of rotatable bonds is 2. The molecule has 1 rings (SSSR count). The summed E-state index contributed by atoms with van der Waals surface area (Å²) in [4.78, 5) is 2.51. The first-order valence-electron chi connectivity index (χ1n) is 5.49. The van der Waals surface area contributed by atoms with E-state index < -0.39 is 0 Å². The van der Waals surface area contributed by atoms with Gasteiger partial charge in [-0.3, -0.25) is 0 Å². The Morgan fingerprint density at radius 1 is 1.17 bits per heavy atom. The van der Waals surface area contributed by atoms with Crippen molar-refractivity contribution < 1.29 is 0 Å². The van der Waals surface area contributed by atoms with E-state index in [1.165, 1.54) is 25.8 Å². The fourth-order valence-electron chi connectivity index (χ4n) is 2.21. The van der Waals surface area contributed by atoms with Crippen LogP contribution in [0.3, 0.4) is 0 Å². The van der Waals surface area contributed by atoms with E-state index in [-0.39, 0.29) is 0 Å².